The molecular formula is C7H13ClO3. The minimum atomic E-state index is -0.639. The van der Waals surface area contributed by atoms with Gasteiger partial charge in [-0.2, -0.15) is 0 Å². The van der Waals surface area contributed by atoms with E-state index in [1.54, 1.807) is 0 Å². The molecule has 0 rings (SSSR count). The van der Waals surface area contributed by atoms with Gasteiger partial charge in [0.2, 0.25) is 0 Å². The number of carbonyl (C=O) groups is 1. The van der Waals surface area contributed by atoms with Gasteiger partial charge in [0.25, 0.3) is 0 Å². The van der Waals surface area contributed by atoms with Gasteiger partial charge >= 0.3 is 6.16 Å². The standard InChI is InChI=1S/C7H13ClO3/c1-6(2)5-11-7(9)10-4-3-8/h6H,3-5H2,1-2H3. The second-order valence-electron chi connectivity index (χ2n) is 2.49. The van der Waals surface area contributed by atoms with Crippen LogP contribution in [-0.2, 0) is 9.47 Å². The average molecular weight is 181 g/mol. The van der Waals surface area contributed by atoms with Gasteiger partial charge in [0.05, 0.1) is 12.5 Å². The fourth-order valence-electron chi connectivity index (χ4n) is 0.398. The molecule has 0 atom stereocenters. The maximum atomic E-state index is 10.6. The highest BCUT2D eigenvalue weighted by molar-refractivity contribution is 6.18. The molecule has 0 aromatic heterocycles. The molecule has 3 nitrogen and oxygen atoms in total. The third-order valence-corrected chi connectivity index (χ3v) is 0.986. The lowest BCUT2D eigenvalue weighted by atomic mass is 10.2. The van der Waals surface area contributed by atoms with E-state index in [2.05, 4.69) is 9.47 Å². The van der Waals surface area contributed by atoms with E-state index in [0.717, 1.165) is 0 Å². The third-order valence-electron chi connectivity index (χ3n) is 0.832. The molecule has 0 aliphatic rings. The molecule has 0 aliphatic carbocycles. The normalized spacial score (nSPS) is 9.82. The number of carbonyl (C=O) groups excluding carboxylic acids is 1. The smallest absolute Gasteiger partial charge is 0.434 e. The molecule has 11 heavy (non-hydrogen) atoms. The zero-order valence-corrected chi connectivity index (χ0v) is 7.56. The minimum Gasteiger partial charge on any atom is -0.434 e. The summed E-state index contributed by atoms with van der Waals surface area (Å²) < 4.78 is 9.23. The van der Waals surface area contributed by atoms with Crippen molar-refractivity contribution in [3.05, 3.63) is 0 Å². The van der Waals surface area contributed by atoms with E-state index in [-0.39, 0.29) is 6.61 Å². The van der Waals surface area contributed by atoms with Crippen LogP contribution >= 0.6 is 11.6 Å². The maximum absolute atomic E-state index is 10.6. The van der Waals surface area contributed by atoms with Crippen LogP contribution in [0.4, 0.5) is 4.79 Å². The Morgan fingerprint density at radius 1 is 1.45 bits per heavy atom. The van der Waals surface area contributed by atoms with Crippen LogP contribution in [0.5, 0.6) is 0 Å². The van der Waals surface area contributed by atoms with Crippen LogP contribution in [0.25, 0.3) is 0 Å². The molecule has 0 heterocycles. The topological polar surface area (TPSA) is 35.5 Å². The first kappa shape index (κ1) is 10.6. The number of rotatable bonds is 4. The van der Waals surface area contributed by atoms with Crippen molar-refractivity contribution in [2.75, 3.05) is 19.1 Å². The summed E-state index contributed by atoms with van der Waals surface area (Å²) >= 11 is 5.28. The second-order valence-corrected chi connectivity index (χ2v) is 2.87. The molecule has 66 valence electrons. The van der Waals surface area contributed by atoms with E-state index < -0.39 is 6.16 Å². The van der Waals surface area contributed by atoms with Crippen molar-refractivity contribution in [1.82, 2.24) is 0 Å². The number of hydrogen-bond acceptors (Lipinski definition) is 3. The molecule has 0 amide bonds. The van der Waals surface area contributed by atoms with Crippen LogP contribution in [0.15, 0.2) is 0 Å². The van der Waals surface area contributed by atoms with Crippen LogP contribution in [0.1, 0.15) is 13.8 Å². The number of halogens is 1. The summed E-state index contributed by atoms with van der Waals surface area (Å²) in [5, 5.41) is 0. The molecule has 0 saturated carbocycles. The summed E-state index contributed by atoms with van der Waals surface area (Å²) in [5.41, 5.74) is 0. The summed E-state index contributed by atoms with van der Waals surface area (Å²) in [6.45, 7) is 4.50. The number of alkyl halides is 1. The quantitative estimate of drug-likeness (QED) is 0.491. The van der Waals surface area contributed by atoms with E-state index >= 15 is 0 Å². The minimum absolute atomic E-state index is 0.207. The first-order chi connectivity index (χ1) is 5.16. The van der Waals surface area contributed by atoms with Crippen molar-refractivity contribution in [3.63, 3.8) is 0 Å². The van der Waals surface area contributed by atoms with Crippen molar-refractivity contribution >= 4 is 17.8 Å². The molecule has 0 aliphatic heterocycles. The predicted molar refractivity (Wildman–Crippen MR) is 42.9 cm³/mol. The molecule has 0 aromatic carbocycles. The van der Waals surface area contributed by atoms with Gasteiger partial charge in [0.15, 0.2) is 0 Å². The van der Waals surface area contributed by atoms with Gasteiger partial charge in [-0.1, -0.05) is 13.8 Å². The van der Waals surface area contributed by atoms with Gasteiger partial charge < -0.3 is 9.47 Å². The fourth-order valence-corrected chi connectivity index (χ4v) is 0.475. The van der Waals surface area contributed by atoms with Gasteiger partial charge in [-0.25, -0.2) is 4.79 Å². The summed E-state index contributed by atoms with van der Waals surface area (Å²) in [6.07, 6.45) is -0.639. The van der Waals surface area contributed by atoms with E-state index in [1.807, 2.05) is 13.8 Å². The molecular weight excluding hydrogens is 168 g/mol. The summed E-state index contributed by atoms with van der Waals surface area (Å²) in [4.78, 5) is 10.6. The Morgan fingerprint density at radius 2 is 2.09 bits per heavy atom. The van der Waals surface area contributed by atoms with Gasteiger partial charge in [-0.3, -0.25) is 0 Å². The highest BCUT2D eigenvalue weighted by Gasteiger charge is 2.03. The molecule has 0 radical (unpaired) electrons. The summed E-state index contributed by atoms with van der Waals surface area (Å²) in [5.74, 6) is 0.634. The Hall–Kier alpha value is -0.440. The van der Waals surface area contributed by atoms with Gasteiger partial charge in [-0.15, -0.1) is 11.6 Å². The first-order valence-electron chi connectivity index (χ1n) is 3.52. The molecule has 0 aromatic rings. The van der Waals surface area contributed by atoms with Crippen LogP contribution in [0, 0.1) is 5.92 Å². The lowest BCUT2D eigenvalue weighted by Gasteiger charge is -2.06. The van der Waals surface area contributed by atoms with Crippen molar-refractivity contribution in [1.29, 1.82) is 0 Å². The Kier molecular flexibility index (Phi) is 6.03. The van der Waals surface area contributed by atoms with Crippen molar-refractivity contribution in [3.8, 4) is 0 Å². The Bertz CT molecular complexity index is 114. The van der Waals surface area contributed by atoms with Gasteiger partial charge in [0, 0.05) is 0 Å². The molecule has 0 N–H and O–H groups in total. The van der Waals surface area contributed by atoms with Crippen LogP contribution < -0.4 is 0 Å². The zero-order valence-electron chi connectivity index (χ0n) is 6.80. The number of ether oxygens (including phenoxy) is 2. The van der Waals surface area contributed by atoms with E-state index in [1.165, 1.54) is 0 Å². The molecule has 0 spiro atoms. The van der Waals surface area contributed by atoms with Crippen LogP contribution in [-0.4, -0.2) is 25.2 Å². The monoisotopic (exact) mass is 180 g/mol. The van der Waals surface area contributed by atoms with Crippen molar-refractivity contribution < 1.29 is 14.3 Å². The molecule has 0 bridgehead atoms. The lowest BCUT2D eigenvalue weighted by molar-refractivity contribution is 0.0516. The van der Waals surface area contributed by atoms with Gasteiger partial charge in [-0.05, 0) is 5.92 Å². The lowest BCUT2D eigenvalue weighted by Crippen LogP contribution is -2.12. The first-order valence-corrected chi connectivity index (χ1v) is 4.05. The largest absolute Gasteiger partial charge is 0.508 e. The van der Waals surface area contributed by atoms with E-state index in [0.29, 0.717) is 18.4 Å². The fraction of sp³-hybridized carbons (Fsp3) is 0.857. The van der Waals surface area contributed by atoms with Crippen LogP contribution in [0.2, 0.25) is 0 Å². The Labute approximate surface area is 71.6 Å². The maximum Gasteiger partial charge on any atom is 0.508 e. The molecule has 0 unspecified atom stereocenters. The SMILES string of the molecule is CC(C)COC(=O)OCCCl. The highest BCUT2D eigenvalue weighted by Crippen LogP contribution is 1.94. The number of hydrogen-bond donors (Lipinski definition) is 0. The van der Waals surface area contributed by atoms with E-state index in [4.69, 9.17) is 11.6 Å². The Morgan fingerprint density at radius 3 is 2.55 bits per heavy atom. The van der Waals surface area contributed by atoms with Gasteiger partial charge in [0.1, 0.15) is 6.61 Å². The Balaban J connectivity index is 3.23. The predicted octanol–water partition coefficient (Wildman–Crippen LogP) is 2.03. The second kappa shape index (κ2) is 6.28. The average Bonchev–Trinajstić information content (AvgIpc) is 1.97. The summed E-state index contributed by atoms with van der Waals surface area (Å²) in [6, 6.07) is 0. The molecule has 0 fully saturated rings. The third kappa shape index (κ3) is 7.46. The molecule has 0 saturated heterocycles. The molecule has 4 heteroatoms. The highest BCUT2D eigenvalue weighted by atomic mass is 35.5. The van der Waals surface area contributed by atoms with Crippen molar-refractivity contribution in [2.45, 2.75) is 13.8 Å². The van der Waals surface area contributed by atoms with E-state index in [9.17, 15) is 4.79 Å². The summed E-state index contributed by atoms with van der Waals surface area (Å²) in [7, 11) is 0. The van der Waals surface area contributed by atoms with Crippen LogP contribution in [0.3, 0.4) is 0 Å². The zero-order chi connectivity index (χ0) is 8.69. The van der Waals surface area contributed by atoms with Crippen molar-refractivity contribution in [2.24, 2.45) is 5.92 Å².